The third-order valence-electron chi connectivity index (χ3n) is 3.19. The smallest absolute Gasteiger partial charge is 0.305 e. The van der Waals surface area contributed by atoms with Gasteiger partial charge in [0.1, 0.15) is 11.9 Å². The van der Waals surface area contributed by atoms with E-state index in [0.717, 1.165) is 4.47 Å². The van der Waals surface area contributed by atoms with Gasteiger partial charge in [-0.25, -0.2) is 4.39 Å². The topological polar surface area (TPSA) is 69.6 Å². The third kappa shape index (κ3) is 3.55. The average Bonchev–Trinajstić information content (AvgIpc) is 2.37. The van der Waals surface area contributed by atoms with Crippen LogP contribution in [-0.2, 0) is 16.1 Å². The standard InChI is InChI=1S/C13H14BrFN2O3/c14-10-2-1-9(15)5-8(10)7-17-4-3-16-13(20)11(17)6-12(18)19/h1-2,5,11H,3-4,6-7H2,(H,16,20)(H,18,19). The molecular weight excluding hydrogens is 331 g/mol. The molecule has 5 nitrogen and oxygen atoms in total. The molecule has 7 heteroatoms. The van der Waals surface area contributed by atoms with Crippen LogP contribution in [-0.4, -0.2) is 41.0 Å². The van der Waals surface area contributed by atoms with Crippen molar-refractivity contribution >= 4 is 27.8 Å². The maximum atomic E-state index is 13.3. The Morgan fingerprint density at radius 3 is 3.00 bits per heavy atom. The number of aliphatic carboxylic acids is 1. The molecule has 0 aliphatic carbocycles. The average molecular weight is 345 g/mol. The van der Waals surface area contributed by atoms with Crippen LogP contribution in [0.2, 0.25) is 0 Å². The Morgan fingerprint density at radius 1 is 1.55 bits per heavy atom. The van der Waals surface area contributed by atoms with Crippen LogP contribution >= 0.6 is 15.9 Å². The van der Waals surface area contributed by atoms with Crippen molar-refractivity contribution in [3.8, 4) is 0 Å². The fourth-order valence-electron chi connectivity index (χ4n) is 2.22. The largest absolute Gasteiger partial charge is 0.481 e. The van der Waals surface area contributed by atoms with Crippen molar-refractivity contribution in [2.24, 2.45) is 0 Å². The summed E-state index contributed by atoms with van der Waals surface area (Å²) in [6, 6.07) is 3.59. The number of carboxylic acids is 1. The van der Waals surface area contributed by atoms with Gasteiger partial charge in [-0.05, 0) is 23.8 Å². The van der Waals surface area contributed by atoms with Gasteiger partial charge < -0.3 is 10.4 Å². The van der Waals surface area contributed by atoms with E-state index in [1.807, 2.05) is 0 Å². The molecule has 1 atom stereocenters. The highest BCUT2D eigenvalue weighted by atomic mass is 79.9. The van der Waals surface area contributed by atoms with E-state index in [1.165, 1.54) is 12.1 Å². The number of carboxylic acid groups (broad SMARTS) is 1. The van der Waals surface area contributed by atoms with E-state index in [0.29, 0.717) is 25.2 Å². The Balaban J connectivity index is 2.18. The Labute approximate surface area is 123 Å². The molecule has 2 rings (SSSR count). The Hall–Kier alpha value is -1.47. The van der Waals surface area contributed by atoms with Gasteiger partial charge in [-0.3, -0.25) is 14.5 Å². The number of amides is 1. The number of nitrogens with zero attached hydrogens (tertiary/aromatic N) is 1. The number of carbonyl (C=O) groups is 2. The van der Waals surface area contributed by atoms with E-state index in [1.54, 1.807) is 11.0 Å². The minimum Gasteiger partial charge on any atom is -0.481 e. The Kier molecular flexibility index (Phi) is 4.72. The maximum absolute atomic E-state index is 13.3. The second-order valence-electron chi connectivity index (χ2n) is 4.61. The van der Waals surface area contributed by atoms with Crippen molar-refractivity contribution in [2.75, 3.05) is 13.1 Å². The molecule has 1 unspecified atom stereocenters. The number of nitrogens with one attached hydrogen (secondary N) is 1. The minimum absolute atomic E-state index is 0.265. The van der Waals surface area contributed by atoms with Crippen LogP contribution in [0.5, 0.6) is 0 Å². The molecule has 20 heavy (non-hydrogen) atoms. The fourth-order valence-corrected chi connectivity index (χ4v) is 2.59. The van der Waals surface area contributed by atoms with Crippen molar-refractivity contribution in [1.29, 1.82) is 0 Å². The van der Waals surface area contributed by atoms with Crippen molar-refractivity contribution in [3.63, 3.8) is 0 Å². The van der Waals surface area contributed by atoms with Gasteiger partial charge in [0.05, 0.1) is 6.42 Å². The number of hydrogen-bond donors (Lipinski definition) is 2. The molecule has 1 aromatic rings. The van der Waals surface area contributed by atoms with Crippen LogP contribution < -0.4 is 5.32 Å². The summed E-state index contributed by atoms with van der Waals surface area (Å²) in [6.45, 7) is 1.32. The van der Waals surface area contributed by atoms with E-state index in [2.05, 4.69) is 21.2 Å². The van der Waals surface area contributed by atoms with E-state index in [-0.39, 0.29) is 18.1 Å². The zero-order valence-corrected chi connectivity index (χ0v) is 12.2. The number of piperazine rings is 1. The highest BCUT2D eigenvalue weighted by molar-refractivity contribution is 9.10. The molecular formula is C13H14BrFN2O3. The van der Waals surface area contributed by atoms with Gasteiger partial charge in [0.15, 0.2) is 0 Å². The van der Waals surface area contributed by atoms with Gasteiger partial charge in [-0.15, -0.1) is 0 Å². The summed E-state index contributed by atoms with van der Waals surface area (Å²) >= 11 is 3.33. The van der Waals surface area contributed by atoms with Gasteiger partial charge in [0, 0.05) is 24.1 Å². The van der Waals surface area contributed by atoms with Crippen LogP contribution in [0.4, 0.5) is 4.39 Å². The summed E-state index contributed by atoms with van der Waals surface area (Å²) < 4.78 is 14.0. The molecule has 1 amide bonds. The monoisotopic (exact) mass is 344 g/mol. The molecule has 0 aromatic heterocycles. The first-order valence-corrected chi connectivity index (χ1v) is 6.94. The van der Waals surface area contributed by atoms with Crippen molar-refractivity contribution in [2.45, 2.75) is 19.0 Å². The molecule has 1 fully saturated rings. The molecule has 0 radical (unpaired) electrons. The first-order chi connectivity index (χ1) is 9.47. The molecule has 0 spiro atoms. The molecule has 0 bridgehead atoms. The summed E-state index contributed by atoms with van der Waals surface area (Å²) in [4.78, 5) is 24.4. The van der Waals surface area contributed by atoms with Gasteiger partial charge >= 0.3 is 5.97 Å². The van der Waals surface area contributed by atoms with Crippen molar-refractivity contribution in [1.82, 2.24) is 10.2 Å². The molecule has 1 aliphatic heterocycles. The lowest BCUT2D eigenvalue weighted by Gasteiger charge is -2.34. The van der Waals surface area contributed by atoms with E-state index < -0.39 is 12.0 Å². The summed E-state index contributed by atoms with van der Waals surface area (Å²) in [5.41, 5.74) is 0.690. The Morgan fingerprint density at radius 2 is 2.30 bits per heavy atom. The van der Waals surface area contributed by atoms with Crippen molar-refractivity contribution in [3.05, 3.63) is 34.1 Å². The summed E-state index contributed by atoms with van der Waals surface area (Å²) in [7, 11) is 0. The van der Waals surface area contributed by atoms with E-state index in [9.17, 15) is 14.0 Å². The second kappa shape index (κ2) is 6.32. The van der Waals surface area contributed by atoms with E-state index >= 15 is 0 Å². The fraction of sp³-hybridized carbons (Fsp3) is 0.385. The lowest BCUT2D eigenvalue weighted by atomic mass is 10.1. The predicted molar refractivity (Wildman–Crippen MR) is 73.6 cm³/mol. The number of halogens is 2. The zero-order valence-electron chi connectivity index (χ0n) is 10.6. The minimum atomic E-state index is -1.03. The lowest BCUT2D eigenvalue weighted by molar-refractivity contribution is -0.143. The van der Waals surface area contributed by atoms with Crippen molar-refractivity contribution < 1.29 is 19.1 Å². The molecule has 1 heterocycles. The SMILES string of the molecule is O=C(O)CC1C(=O)NCCN1Cc1cc(F)ccc1Br. The lowest BCUT2D eigenvalue weighted by Crippen LogP contribution is -2.55. The number of benzene rings is 1. The quantitative estimate of drug-likeness (QED) is 0.865. The molecule has 108 valence electrons. The highest BCUT2D eigenvalue weighted by Crippen LogP contribution is 2.22. The first-order valence-electron chi connectivity index (χ1n) is 6.15. The van der Waals surface area contributed by atoms with Crippen LogP contribution in [0.25, 0.3) is 0 Å². The van der Waals surface area contributed by atoms with Crippen LogP contribution in [0, 0.1) is 5.82 Å². The van der Waals surface area contributed by atoms with Gasteiger partial charge in [-0.1, -0.05) is 15.9 Å². The number of rotatable bonds is 4. The summed E-state index contributed by atoms with van der Waals surface area (Å²) in [6.07, 6.45) is -0.265. The van der Waals surface area contributed by atoms with E-state index in [4.69, 9.17) is 5.11 Å². The molecule has 1 aromatic carbocycles. The molecule has 1 saturated heterocycles. The van der Waals surface area contributed by atoms with Crippen LogP contribution in [0.3, 0.4) is 0 Å². The summed E-state index contributed by atoms with van der Waals surface area (Å²) in [5, 5.41) is 11.5. The zero-order chi connectivity index (χ0) is 14.7. The second-order valence-corrected chi connectivity index (χ2v) is 5.47. The first kappa shape index (κ1) is 14.9. The normalized spacial score (nSPS) is 19.7. The Bertz CT molecular complexity index is 538. The van der Waals surface area contributed by atoms with Crippen LogP contribution in [0.15, 0.2) is 22.7 Å². The maximum Gasteiger partial charge on any atom is 0.305 e. The van der Waals surface area contributed by atoms with Gasteiger partial charge in [0.2, 0.25) is 5.91 Å². The third-order valence-corrected chi connectivity index (χ3v) is 3.96. The van der Waals surface area contributed by atoms with Crippen LogP contribution in [0.1, 0.15) is 12.0 Å². The molecule has 0 saturated carbocycles. The molecule has 2 N–H and O–H groups in total. The predicted octanol–water partition coefficient (Wildman–Crippen LogP) is 1.36. The number of hydrogen-bond acceptors (Lipinski definition) is 3. The highest BCUT2D eigenvalue weighted by Gasteiger charge is 2.31. The molecule has 1 aliphatic rings. The number of carbonyl (C=O) groups excluding carboxylic acids is 1. The van der Waals surface area contributed by atoms with Gasteiger partial charge in [-0.2, -0.15) is 0 Å². The summed E-state index contributed by atoms with van der Waals surface area (Å²) in [5.74, 6) is -1.69. The van der Waals surface area contributed by atoms with Gasteiger partial charge in [0.25, 0.3) is 0 Å².